The summed E-state index contributed by atoms with van der Waals surface area (Å²) >= 11 is 9.00. The van der Waals surface area contributed by atoms with E-state index in [2.05, 4.69) is 32.9 Å². The number of halogens is 1. The molecule has 1 aromatic carbocycles. The summed E-state index contributed by atoms with van der Waals surface area (Å²) in [6.07, 6.45) is 0.849. The first-order chi connectivity index (χ1) is 10.1. The van der Waals surface area contributed by atoms with Crippen LogP contribution in [-0.2, 0) is 13.5 Å². The molecule has 0 unspecified atom stereocenters. The third-order valence-corrected chi connectivity index (χ3v) is 4.23. The number of H-pyrrole nitrogens is 1. The normalized spacial score (nSPS) is 11.2. The topological polar surface area (TPSA) is 47.8 Å². The first-order valence-electron chi connectivity index (χ1n) is 6.57. The highest BCUT2D eigenvalue weighted by atomic mass is 79.9. The molecular weight excluding hydrogens is 352 g/mol. The van der Waals surface area contributed by atoms with E-state index in [4.69, 9.17) is 17.0 Å². The Kier molecular flexibility index (Phi) is 3.62. The first-order valence-corrected chi connectivity index (χ1v) is 7.77. The fourth-order valence-electron chi connectivity index (χ4n) is 2.52. The second kappa shape index (κ2) is 5.31. The van der Waals surface area contributed by atoms with Crippen LogP contribution < -0.4 is 4.74 Å². The minimum absolute atomic E-state index is 0.629. The van der Waals surface area contributed by atoms with Gasteiger partial charge in [-0.2, -0.15) is 5.10 Å². The molecule has 0 atom stereocenters. The number of aromatic amines is 1. The largest absolute Gasteiger partial charge is 0.495 e. The lowest BCUT2D eigenvalue weighted by Crippen LogP contribution is -2.03. The third kappa shape index (κ3) is 2.20. The molecule has 3 rings (SSSR count). The maximum Gasteiger partial charge on any atom is 0.184 e. The van der Waals surface area contributed by atoms with Crippen LogP contribution in [0.5, 0.6) is 5.75 Å². The van der Waals surface area contributed by atoms with Crippen LogP contribution in [0, 0.1) is 4.77 Å². The van der Waals surface area contributed by atoms with Gasteiger partial charge >= 0.3 is 0 Å². The molecule has 0 saturated carbocycles. The number of fused-ring (bicyclic) bond motifs is 1. The van der Waals surface area contributed by atoms with Gasteiger partial charge in [-0.3, -0.25) is 4.57 Å². The zero-order chi connectivity index (χ0) is 15.1. The van der Waals surface area contributed by atoms with Crippen molar-refractivity contribution in [1.82, 2.24) is 19.3 Å². The average molecular weight is 367 g/mol. The molecule has 0 aliphatic rings. The number of aromatic nitrogens is 4. The molecule has 0 bridgehead atoms. The zero-order valence-electron chi connectivity index (χ0n) is 12.0. The van der Waals surface area contributed by atoms with Crippen molar-refractivity contribution in [3.05, 3.63) is 33.1 Å². The van der Waals surface area contributed by atoms with Gasteiger partial charge in [0.25, 0.3) is 0 Å². The van der Waals surface area contributed by atoms with Gasteiger partial charge in [0.1, 0.15) is 11.3 Å². The van der Waals surface area contributed by atoms with Crippen LogP contribution in [0.4, 0.5) is 0 Å². The number of rotatable bonds is 3. The summed E-state index contributed by atoms with van der Waals surface area (Å²) in [5.74, 6) is 0.759. The molecule has 3 aromatic rings. The molecule has 0 spiro atoms. The number of ether oxygens (including phenoxy) is 1. The maximum absolute atomic E-state index is 5.50. The van der Waals surface area contributed by atoms with Crippen LogP contribution in [0.25, 0.3) is 16.9 Å². The van der Waals surface area contributed by atoms with Crippen LogP contribution in [0.1, 0.15) is 12.6 Å². The lowest BCUT2D eigenvalue weighted by Gasteiger charge is -2.11. The molecule has 110 valence electrons. The summed E-state index contributed by atoms with van der Waals surface area (Å²) in [6.45, 7) is 2.08. The average Bonchev–Trinajstić information content (AvgIpc) is 2.95. The van der Waals surface area contributed by atoms with Gasteiger partial charge in [-0.25, -0.2) is 4.68 Å². The van der Waals surface area contributed by atoms with Gasteiger partial charge in [0, 0.05) is 11.5 Å². The molecule has 0 fully saturated rings. The highest BCUT2D eigenvalue weighted by molar-refractivity contribution is 9.10. The van der Waals surface area contributed by atoms with E-state index in [0.29, 0.717) is 4.77 Å². The van der Waals surface area contributed by atoms with E-state index >= 15 is 0 Å². The Hall–Kier alpha value is -1.60. The minimum Gasteiger partial charge on any atom is -0.495 e. The summed E-state index contributed by atoms with van der Waals surface area (Å²) in [4.78, 5) is 3.26. The first kappa shape index (κ1) is 14.3. The predicted octanol–water partition coefficient (Wildman–Crippen LogP) is 3.76. The van der Waals surface area contributed by atoms with E-state index in [1.54, 1.807) is 7.11 Å². The summed E-state index contributed by atoms with van der Waals surface area (Å²) in [5.41, 5.74) is 3.81. The highest BCUT2D eigenvalue weighted by Crippen LogP contribution is 2.30. The van der Waals surface area contributed by atoms with Gasteiger partial charge in [-0.1, -0.05) is 22.9 Å². The van der Waals surface area contributed by atoms with Gasteiger partial charge in [0.05, 0.1) is 18.5 Å². The standard InChI is InChI=1S/C14H15BrN4OS/c1-4-9-12-13(18(2)17-9)19(14(21)16-12)10-7-8(15)5-6-11(10)20-3/h5-7H,4H2,1-3H3,(H,16,21). The van der Waals surface area contributed by atoms with Crippen LogP contribution in [0.15, 0.2) is 22.7 Å². The lowest BCUT2D eigenvalue weighted by atomic mass is 10.3. The van der Waals surface area contributed by atoms with Crippen molar-refractivity contribution >= 4 is 39.3 Å². The quantitative estimate of drug-likeness (QED) is 0.718. The molecule has 5 nitrogen and oxygen atoms in total. The van der Waals surface area contributed by atoms with Crippen molar-refractivity contribution in [2.45, 2.75) is 13.3 Å². The fourth-order valence-corrected chi connectivity index (χ4v) is 3.16. The Morgan fingerprint density at radius 2 is 2.19 bits per heavy atom. The molecule has 2 aromatic heterocycles. The second-order valence-electron chi connectivity index (χ2n) is 4.70. The van der Waals surface area contributed by atoms with Gasteiger partial charge in [-0.15, -0.1) is 0 Å². The number of imidazole rings is 1. The lowest BCUT2D eigenvalue weighted by molar-refractivity contribution is 0.413. The fraction of sp³-hybridized carbons (Fsp3) is 0.286. The Bertz CT molecular complexity index is 877. The van der Waals surface area contributed by atoms with Gasteiger partial charge in [0.15, 0.2) is 10.4 Å². The van der Waals surface area contributed by atoms with Crippen LogP contribution in [0.3, 0.4) is 0 Å². The van der Waals surface area contributed by atoms with Crippen LogP contribution in [0.2, 0.25) is 0 Å². The van der Waals surface area contributed by atoms with E-state index in [1.807, 2.05) is 34.5 Å². The zero-order valence-corrected chi connectivity index (χ0v) is 14.4. The second-order valence-corrected chi connectivity index (χ2v) is 6.01. The summed E-state index contributed by atoms with van der Waals surface area (Å²) < 4.78 is 10.9. The summed E-state index contributed by atoms with van der Waals surface area (Å²) in [7, 11) is 3.58. The monoisotopic (exact) mass is 366 g/mol. The number of nitrogens with one attached hydrogen (secondary N) is 1. The van der Waals surface area contributed by atoms with Crippen LogP contribution >= 0.6 is 28.1 Å². The SMILES string of the molecule is CCc1nn(C)c2c1[nH]c(=S)n2-c1cc(Br)ccc1OC. The van der Waals surface area contributed by atoms with Crippen molar-refractivity contribution < 1.29 is 4.74 Å². The van der Waals surface area contributed by atoms with Crippen molar-refractivity contribution in [2.24, 2.45) is 7.05 Å². The van der Waals surface area contributed by atoms with Gasteiger partial charge in [-0.05, 0) is 36.8 Å². The maximum atomic E-state index is 5.50. The number of nitrogens with zero attached hydrogens (tertiary/aromatic N) is 3. The third-order valence-electron chi connectivity index (χ3n) is 3.45. The molecule has 0 saturated heterocycles. The Balaban J connectivity index is 2.40. The van der Waals surface area contributed by atoms with E-state index in [0.717, 1.165) is 39.2 Å². The van der Waals surface area contributed by atoms with Crippen molar-refractivity contribution in [3.8, 4) is 11.4 Å². The Morgan fingerprint density at radius 1 is 1.43 bits per heavy atom. The molecule has 0 radical (unpaired) electrons. The minimum atomic E-state index is 0.629. The van der Waals surface area contributed by atoms with E-state index in [-0.39, 0.29) is 0 Å². The van der Waals surface area contributed by atoms with E-state index in [1.165, 1.54) is 0 Å². The molecular formula is C14H15BrN4OS. The van der Waals surface area contributed by atoms with Crippen molar-refractivity contribution in [1.29, 1.82) is 0 Å². The predicted molar refractivity (Wildman–Crippen MR) is 88.9 cm³/mol. The number of methoxy groups -OCH3 is 1. The Morgan fingerprint density at radius 3 is 2.86 bits per heavy atom. The van der Waals surface area contributed by atoms with Crippen molar-refractivity contribution in [3.63, 3.8) is 0 Å². The molecule has 0 amide bonds. The molecule has 21 heavy (non-hydrogen) atoms. The molecule has 2 heterocycles. The number of hydrogen-bond donors (Lipinski definition) is 1. The molecule has 7 heteroatoms. The highest BCUT2D eigenvalue weighted by Gasteiger charge is 2.17. The molecule has 1 N–H and O–H groups in total. The molecule has 0 aliphatic heterocycles. The summed E-state index contributed by atoms with van der Waals surface area (Å²) in [5, 5.41) is 4.54. The van der Waals surface area contributed by atoms with Crippen LogP contribution in [-0.4, -0.2) is 26.4 Å². The van der Waals surface area contributed by atoms with Gasteiger partial charge < -0.3 is 9.72 Å². The Labute approximate surface area is 135 Å². The van der Waals surface area contributed by atoms with Crippen molar-refractivity contribution in [2.75, 3.05) is 7.11 Å². The summed E-state index contributed by atoms with van der Waals surface area (Å²) in [6, 6.07) is 5.84. The number of hydrogen-bond acceptors (Lipinski definition) is 3. The van der Waals surface area contributed by atoms with E-state index in [9.17, 15) is 0 Å². The molecule has 0 aliphatic carbocycles. The number of benzene rings is 1. The van der Waals surface area contributed by atoms with Gasteiger partial charge in [0.2, 0.25) is 0 Å². The van der Waals surface area contributed by atoms with E-state index < -0.39 is 0 Å². The smallest absolute Gasteiger partial charge is 0.184 e. The number of aryl methyl sites for hydroxylation is 2.